The highest BCUT2D eigenvalue weighted by Crippen LogP contribution is 2.32. The van der Waals surface area contributed by atoms with Crippen LogP contribution in [0, 0.1) is 18.3 Å². The molecule has 0 radical (unpaired) electrons. The Morgan fingerprint density at radius 2 is 1.77 bits per heavy atom. The maximum atomic E-state index is 12.7. The maximum Gasteiger partial charge on any atom is 0.263 e. The van der Waals surface area contributed by atoms with E-state index >= 15 is 0 Å². The van der Waals surface area contributed by atoms with Gasteiger partial charge >= 0.3 is 0 Å². The summed E-state index contributed by atoms with van der Waals surface area (Å²) < 4.78 is 29.4. The predicted molar refractivity (Wildman–Crippen MR) is 100 cm³/mol. The largest absolute Gasteiger partial charge is 0.263 e. The molecule has 0 unspecified atom stereocenters. The smallest absolute Gasteiger partial charge is 0.261 e. The van der Waals surface area contributed by atoms with Crippen LogP contribution in [0.2, 0.25) is 0 Å². The molecule has 6 nitrogen and oxygen atoms in total. The van der Waals surface area contributed by atoms with E-state index in [1.807, 2.05) is 38.1 Å². The lowest BCUT2D eigenvalue weighted by atomic mass is 10.0. The average Bonchev–Trinajstić information content (AvgIpc) is 2.99. The second kappa shape index (κ2) is 7.02. The molecule has 0 amide bonds. The van der Waals surface area contributed by atoms with Crippen LogP contribution in [-0.4, -0.2) is 18.2 Å². The van der Waals surface area contributed by atoms with Crippen molar-refractivity contribution in [1.29, 1.82) is 5.26 Å². The zero-order chi connectivity index (χ0) is 18.7. The molecule has 0 atom stereocenters. The highest BCUT2D eigenvalue weighted by atomic mass is 32.2. The summed E-state index contributed by atoms with van der Waals surface area (Å²) in [6.45, 7) is 4.26. The van der Waals surface area contributed by atoms with Crippen molar-refractivity contribution in [3.8, 4) is 17.2 Å². The summed E-state index contributed by atoms with van der Waals surface area (Å²) in [6, 6.07) is 17.7. The van der Waals surface area contributed by atoms with Crippen molar-refractivity contribution in [3.63, 3.8) is 0 Å². The molecule has 1 heterocycles. The first-order valence-corrected chi connectivity index (χ1v) is 9.60. The molecule has 7 heteroatoms. The fraction of sp³-hybridized carbons (Fsp3) is 0.158. The minimum atomic E-state index is -3.81. The Labute approximate surface area is 152 Å². The molecule has 0 bridgehead atoms. The van der Waals surface area contributed by atoms with E-state index in [4.69, 9.17) is 0 Å². The number of nitrogens with one attached hydrogen (secondary N) is 1. The van der Waals surface area contributed by atoms with Crippen LogP contribution in [0.15, 0.2) is 59.5 Å². The van der Waals surface area contributed by atoms with Crippen LogP contribution in [0.1, 0.15) is 18.2 Å². The number of sulfonamides is 1. The molecule has 0 fully saturated rings. The number of aromatic nitrogens is 2. The number of rotatable bonds is 5. The quantitative estimate of drug-likeness (QED) is 0.748. The van der Waals surface area contributed by atoms with Gasteiger partial charge < -0.3 is 0 Å². The number of anilines is 1. The molecule has 0 saturated heterocycles. The monoisotopic (exact) mass is 366 g/mol. The standard InChI is InChI=1S/C19H18N4O2S/c1-3-23-17(13-20)18(15-11-9-14(2)10-12-15)19(21-23)22-26(24,25)16-7-5-4-6-8-16/h4-12H,3H2,1-2H3,(H,21,22). The summed E-state index contributed by atoms with van der Waals surface area (Å²) >= 11 is 0. The molecule has 1 aromatic heterocycles. The van der Waals surface area contributed by atoms with Crippen LogP contribution in [0.25, 0.3) is 11.1 Å². The SMILES string of the molecule is CCn1nc(NS(=O)(=O)c2ccccc2)c(-c2ccc(C)cc2)c1C#N. The Balaban J connectivity index is 2.14. The van der Waals surface area contributed by atoms with Gasteiger partial charge in [-0.05, 0) is 31.5 Å². The first-order valence-electron chi connectivity index (χ1n) is 8.12. The van der Waals surface area contributed by atoms with E-state index in [0.29, 0.717) is 17.8 Å². The Kier molecular flexibility index (Phi) is 4.78. The Morgan fingerprint density at radius 1 is 1.12 bits per heavy atom. The highest BCUT2D eigenvalue weighted by molar-refractivity contribution is 7.92. The van der Waals surface area contributed by atoms with Gasteiger partial charge in [0, 0.05) is 6.54 Å². The van der Waals surface area contributed by atoms with Crippen LogP contribution in [0.5, 0.6) is 0 Å². The first-order chi connectivity index (χ1) is 12.5. The van der Waals surface area contributed by atoms with Crippen LogP contribution in [-0.2, 0) is 16.6 Å². The molecule has 1 N–H and O–H groups in total. The number of benzene rings is 2. The second-order valence-electron chi connectivity index (χ2n) is 5.78. The van der Waals surface area contributed by atoms with Gasteiger partial charge in [-0.25, -0.2) is 8.42 Å². The van der Waals surface area contributed by atoms with Crippen molar-refractivity contribution in [2.24, 2.45) is 0 Å². The highest BCUT2D eigenvalue weighted by Gasteiger charge is 2.23. The minimum absolute atomic E-state index is 0.138. The number of hydrogen-bond acceptors (Lipinski definition) is 4. The van der Waals surface area contributed by atoms with Crippen molar-refractivity contribution in [2.45, 2.75) is 25.3 Å². The lowest BCUT2D eigenvalue weighted by Gasteiger charge is -2.08. The Hall–Kier alpha value is -3.11. The van der Waals surface area contributed by atoms with Crippen molar-refractivity contribution in [3.05, 3.63) is 65.9 Å². The molecule has 0 spiro atoms. The van der Waals surface area contributed by atoms with E-state index in [1.54, 1.807) is 18.2 Å². The molecule has 132 valence electrons. The van der Waals surface area contributed by atoms with E-state index in [0.717, 1.165) is 11.1 Å². The Morgan fingerprint density at radius 3 is 2.35 bits per heavy atom. The topological polar surface area (TPSA) is 87.8 Å². The zero-order valence-corrected chi connectivity index (χ0v) is 15.3. The fourth-order valence-corrected chi connectivity index (χ4v) is 3.69. The molecular formula is C19H18N4O2S. The molecule has 0 aliphatic rings. The summed E-state index contributed by atoms with van der Waals surface area (Å²) in [6.07, 6.45) is 0. The molecule has 0 aliphatic heterocycles. The van der Waals surface area contributed by atoms with Crippen molar-refractivity contribution >= 4 is 15.8 Å². The van der Waals surface area contributed by atoms with Gasteiger partial charge in [-0.1, -0.05) is 48.0 Å². The van der Waals surface area contributed by atoms with Crippen molar-refractivity contribution in [2.75, 3.05) is 4.72 Å². The van der Waals surface area contributed by atoms with E-state index < -0.39 is 10.0 Å². The van der Waals surface area contributed by atoms with Gasteiger partial charge in [-0.15, -0.1) is 0 Å². The van der Waals surface area contributed by atoms with Gasteiger partial charge in [0.25, 0.3) is 10.0 Å². The van der Waals surface area contributed by atoms with E-state index in [-0.39, 0.29) is 10.7 Å². The lowest BCUT2D eigenvalue weighted by molar-refractivity contribution is 0.600. The van der Waals surface area contributed by atoms with Gasteiger partial charge in [0.05, 0.1) is 10.5 Å². The number of nitrogens with zero attached hydrogens (tertiary/aromatic N) is 3. The average molecular weight is 366 g/mol. The predicted octanol–water partition coefficient (Wildman–Crippen LogP) is 3.55. The lowest BCUT2D eigenvalue weighted by Crippen LogP contribution is -2.14. The minimum Gasteiger partial charge on any atom is -0.261 e. The third-order valence-corrected chi connectivity index (χ3v) is 5.34. The van der Waals surface area contributed by atoms with Gasteiger partial charge in [-0.3, -0.25) is 9.40 Å². The van der Waals surface area contributed by atoms with Crippen LogP contribution in [0.4, 0.5) is 5.82 Å². The maximum absolute atomic E-state index is 12.7. The van der Waals surface area contributed by atoms with E-state index in [9.17, 15) is 13.7 Å². The first kappa shape index (κ1) is 17.7. The molecular weight excluding hydrogens is 348 g/mol. The second-order valence-corrected chi connectivity index (χ2v) is 7.47. The van der Waals surface area contributed by atoms with Gasteiger partial charge in [0.15, 0.2) is 5.82 Å². The molecule has 26 heavy (non-hydrogen) atoms. The van der Waals surface area contributed by atoms with E-state index in [1.165, 1.54) is 16.8 Å². The van der Waals surface area contributed by atoms with Gasteiger partial charge in [0.1, 0.15) is 11.8 Å². The van der Waals surface area contributed by atoms with Crippen LogP contribution in [0.3, 0.4) is 0 Å². The molecule has 0 saturated carbocycles. The molecule has 0 aliphatic carbocycles. The van der Waals surface area contributed by atoms with Crippen molar-refractivity contribution in [1.82, 2.24) is 9.78 Å². The van der Waals surface area contributed by atoms with Crippen molar-refractivity contribution < 1.29 is 8.42 Å². The van der Waals surface area contributed by atoms with Crippen LogP contribution < -0.4 is 4.72 Å². The van der Waals surface area contributed by atoms with E-state index in [2.05, 4.69) is 15.9 Å². The summed E-state index contributed by atoms with van der Waals surface area (Å²) in [5.74, 6) is 0.149. The molecule has 3 rings (SSSR count). The summed E-state index contributed by atoms with van der Waals surface area (Å²) in [7, 11) is -3.81. The normalized spacial score (nSPS) is 11.1. The Bertz CT molecular complexity index is 1060. The van der Waals surface area contributed by atoms with Gasteiger partial charge in [-0.2, -0.15) is 10.4 Å². The molecule has 2 aromatic carbocycles. The molecule has 3 aromatic rings. The summed E-state index contributed by atoms with van der Waals surface area (Å²) in [5, 5.41) is 13.9. The zero-order valence-electron chi connectivity index (χ0n) is 14.5. The number of hydrogen-bond donors (Lipinski definition) is 1. The number of aryl methyl sites for hydroxylation is 2. The van der Waals surface area contributed by atoms with Gasteiger partial charge in [0.2, 0.25) is 0 Å². The van der Waals surface area contributed by atoms with Crippen LogP contribution >= 0.6 is 0 Å². The third-order valence-electron chi connectivity index (χ3n) is 3.98. The summed E-state index contributed by atoms with van der Waals surface area (Å²) in [4.78, 5) is 0.138. The fourth-order valence-electron chi connectivity index (χ4n) is 2.66. The summed E-state index contributed by atoms with van der Waals surface area (Å²) in [5.41, 5.74) is 2.61. The third kappa shape index (κ3) is 3.32. The number of nitriles is 1.